The van der Waals surface area contributed by atoms with Gasteiger partial charge in [0.15, 0.2) is 5.65 Å². The third-order valence-electron chi connectivity index (χ3n) is 9.94. The van der Waals surface area contributed by atoms with Crippen molar-refractivity contribution in [1.29, 1.82) is 10.8 Å². The molecule has 11 heteroatoms. The highest BCUT2D eigenvalue weighted by Crippen LogP contribution is 2.32. The van der Waals surface area contributed by atoms with Crippen LogP contribution in [-0.4, -0.2) is 41.1 Å². The highest BCUT2D eigenvalue weighted by atomic mass is 16.3. The van der Waals surface area contributed by atoms with Gasteiger partial charge in [0.2, 0.25) is 5.88 Å². The molecule has 0 saturated heterocycles. The van der Waals surface area contributed by atoms with Crippen molar-refractivity contribution in [1.82, 2.24) is 24.3 Å². The number of benzene rings is 4. The molecule has 0 aliphatic rings. The summed E-state index contributed by atoms with van der Waals surface area (Å²) in [6.07, 6.45) is 10.6. The molecule has 1 unspecified atom stereocenters. The lowest BCUT2D eigenvalue weighted by molar-refractivity contribution is 0.435. The number of hydrogen-bond donors (Lipinski definition) is 6. The monoisotopic (exact) mass is 734 g/mol. The number of fused-ring (bicyclic) bond motifs is 3. The minimum Gasteiger partial charge on any atom is -0.493 e. The topological polar surface area (TPSA) is 202 Å². The van der Waals surface area contributed by atoms with Gasteiger partial charge in [-0.25, -0.2) is 19.9 Å². The molecule has 9 N–H and O–H groups in total. The minimum atomic E-state index is 0.162. The van der Waals surface area contributed by atoms with E-state index in [1.165, 1.54) is 16.2 Å². The second-order valence-corrected chi connectivity index (χ2v) is 14.1. The zero-order chi connectivity index (χ0) is 38.9. The number of nitrogen functional groups attached to an aromatic ring is 1. The van der Waals surface area contributed by atoms with Crippen molar-refractivity contribution in [2.24, 2.45) is 11.5 Å². The molecular weight excluding hydrogens is 685 g/mol. The molecule has 3 heterocycles. The molecule has 0 aliphatic heterocycles. The first-order valence-electron chi connectivity index (χ1n) is 19.0. The SMILES string of the molecule is CCC(C)c1nc2c(CCCCC(=N)N)nc(-c3ccc4ccccc4c3)cn2c1O.N=C(N)CCCCc1nc(-c2ccc3ccccc3c2)cnc1N. The number of imidazole rings is 1. The van der Waals surface area contributed by atoms with Crippen LogP contribution in [0.3, 0.4) is 0 Å². The van der Waals surface area contributed by atoms with E-state index in [2.05, 4.69) is 79.5 Å². The fourth-order valence-corrected chi connectivity index (χ4v) is 6.62. The number of amidine groups is 2. The average molecular weight is 735 g/mol. The van der Waals surface area contributed by atoms with E-state index in [9.17, 15) is 5.11 Å². The zero-order valence-electron chi connectivity index (χ0n) is 31.6. The molecule has 0 aliphatic carbocycles. The van der Waals surface area contributed by atoms with Gasteiger partial charge in [0.1, 0.15) is 11.5 Å². The number of aryl methyl sites for hydroxylation is 2. The van der Waals surface area contributed by atoms with Crippen LogP contribution in [0.2, 0.25) is 0 Å². The minimum absolute atomic E-state index is 0.162. The van der Waals surface area contributed by atoms with Crippen LogP contribution in [-0.2, 0) is 12.8 Å². The van der Waals surface area contributed by atoms with Crippen LogP contribution in [0.1, 0.15) is 81.8 Å². The first-order valence-corrected chi connectivity index (χ1v) is 19.0. The molecule has 0 spiro atoms. The maximum atomic E-state index is 10.9. The summed E-state index contributed by atoms with van der Waals surface area (Å²) in [6.45, 7) is 4.17. The highest BCUT2D eigenvalue weighted by Gasteiger charge is 2.20. The number of nitrogens with one attached hydrogen (secondary N) is 2. The number of rotatable bonds is 14. The second kappa shape index (κ2) is 17.6. The van der Waals surface area contributed by atoms with Crippen LogP contribution < -0.4 is 17.2 Å². The molecule has 4 aromatic carbocycles. The van der Waals surface area contributed by atoms with Crippen LogP contribution in [0.25, 0.3) is 49.7 Å². The lowest BCUT2D eigenvalue weighted by Gasteiger charge is -2.09. The smallest absolute Gasteiger partial charge is 0.219 e. The van der Waals surface area contributed by atoms with Gasteiger partial charge < -0.3 is 22.3 Å². The predicted octanol–water partition coefficient (Wildman–Crippen LogP) is 8.95. The summed E-state index contributed by atoms with van der Waals surface area (Å²) < 4.78 is 1.78. The van der Waals surface area contributed by atoms with E-state index in [0.29, 0.717) is 36.4 Å². The Labute approximate surface area is 321 Å². The Morgan fingerprint density at radius 1 is 0.709 bits per heavy atom. The summed E-state index contributed by atoms with van der Waals surface area (Å²) in [5, 5.41) is 30.3. The summed E-state index contributed by atoms with van der Waals surface area (Å²) in [7, 11) is 0. The first-order chi connectivity index (χ1) is 26.6. The second-order valence-electron chi connectivity index (χ2n) is 14.1. The van der Waals surface area contributed by atoms with E-state index in [1.54, 1.807) is 10.6 Å². The Bertz CT molecular complexity index is 2450. The van der Waals surface area contributed by atoms with Crippen LogP contribution >= 0.6 is 0 Å². The van der Waals surface area contributed by atoms with Gasteiger partial charge in [-0.1, -0.05) is 86.6 Å². The van der Waals surface area contributed by atoms with Gasteiger partial charge >= 0.3 is 0 Å². The summed E-state index contributed by atoms with van der Waals surface area (Å²) in [5.41, 5.74) is 23.6. The molecule has 0 radical (unpaired) electrons. The average Bonchev–Trinajstić information content (AvgIpc) is 3.54. The number of hydrogen-bond acceptors (Lipinski definition) is 8. The molecule has 3 aromatic heterocycles. The quantitative estimate of drug-likeness (QED) is 0.0361. The Balaban J connectivity index is 0.000000193. The fourth-order valence-electron chi connectivity index (χ4n) is 6.62. The van der Waals surface area contributed by atoms with Crippen molar-refractivity contribution >= 4 is 44.7 Å². The Morgan fingerprint density at radius 3 is 1.80 bits per heavy atom. The largest absolute Gasteiger partial charge is 0.493 e. The first kappa shape index (κ1) is 38.4. The van der Waals surface area contributed by atoms with Crippen molar-refractivity contribution in [3.05, 3.63) is 114 Å². The van der Waals surface area contributed by atoms with Gasteiger partial charge in [-0.05, 0) is 78.6 Å². The van der Waals surface area contributed by atoms with Crippen LogP contribution in [0.15, 0.2) is 97.3 Å². The van der Waals surface area contributed by atoms with E-state index in [4.69, 9.17) is 43.0 Å². The number of aromatic nitrogens is 5. The molecular formula is C44H50N10O. The molecule has 0 bridgehead atoms. The number of nitrogens with two attached hydrogens (primary N) is 3. The molecule has 11 nitrogen and oxygen atoms in total. The zero-order valence-corrected chi connectivity index (χ0v) is 31.6. The van der Waals surface area contributed by atoms with Crippen LogP contribution in [0.5, 0.6) is 5.88 Å². The Hall–Kier alpha value is -6.36. The Kier molecular flexibility index (Phi) is 12.3. The third-order valence-corrected chi connectivity index (χ3v) is 9.94. The lowest BCUT2D eigenvalue weighted by atomic mass is 10.0. The summed E-state index contributed by atoms with van der Waals surface area (Å²) in [5.74, 6) is 1.26. The van der Waals surface area contributed by atoms with E-state index < -0.39 is 0 Å². The van der Waals surface area contributed by atoms with Gasteiger partial charge in [0.25, 0.3) is 0 Å². The molecule has 1 atom stereocenters. The molecule has 7 rings (SSSR count). The summed E-state index contributed by atoms with van der Waals surface area (Å²) in [4.78, 5) is 18.7. The van der Waals surface area contributed by atoms with E-state index >= 15 is 0 Å². The molecule has 0 fully saturated rings. The number of anilines is 1. The molecule has 282 valence electrons. The molecule has 7 aromatic rings. The van der Waals surface area contributed by atoms with E-state index in [0.717, 1.165) is 77.8 Å². The summed E-state index contributed by atoms with van der Waals surface area (Å²) >= 11 is 0. The van der Waals surface area contributed by atoms with Gasteiger partial charge in [-0.3, -0.25) is 15.2 Å². The fraction of sp³-hybridized carbons (Fsp3) is 0.273. The number of unbranched alkanes of at least 4 members (excludes halogenated alkanes) is 2. The molecule has 0 saturated carbocycles. The van der Waals surface area contributed by atoms with Crippen molar-refractivity contribution in [3.63, 3.8) is 0 Å². The van der Waals surface area contributed by atoms with Gasteiger partial charge in [-0.15, -0.1) is 0 Å². The van der Waals surface area contributed by atoms with Gasteiger partial charge in [0, 0.05) is 36.1 Å². The van der Waals surface area contributed by atoms with Crippen molar-refractivity contribution in [3.8, 4) is 28.4 Å². The van der Waals surface area contributed by atoms with Gasteiger partial charge in [0.05, 0.1) is 40.6 Å². The highest BCUT2D eigenvalue weighted by molar-refractivity contribution is 5.88. The van der Waals surface area contributed by atoms with Crippen LogP contribution in [0.4, 0.5) is 5.82 Å². The normalized spacial score (nSPS) is 11.7. The molecule has 55 heavy (non-hydrogen) atoms. The maximum Gasteiger partial charge on any atom is 0.219 e. The van der Waals surface area contributed by atoms with Crippen molar-refractivity contribution in [2.75, 3.05) is 5.73 Å². The van der Waals surface area contributed by atoms with E-state index in [1.807, 2.05) is 30.5 Å². The number of nitrogens with zero attached hydrogens (tertiary/aromatic N) is 5. The third kappa shape index (κ3) is 9.42. The Morgan fingerprint density at radius 2 is 1.24 bits per heavy atom. The summed E-state index contributed by atoms with van der Waals surface area (Å²) in [6, 6.07) is 29.1. The van der Waals surface area contributed by atoms with Crippen molar-refractivity contribution in [2.45, 2.75) is 77.6 Å². The van der Waals surface area contributed by atoms with E-state index in [-0.39, 0.29) is 23.5 Å². The molecule has 0 amide bonds. The standard InChI is InChI=1S/C25H29N5O.C19H21N5/c1-3-16(2)23-25(31)30-15-21(19-13-12-17-8-4-5-9-18(17)14-19)28-20(24(30)29-23)10-6-7-11-22(26)27;20-18(21)8-4-3-7-16-19(22)23-12-17(24-16)15-10-9-13-5-1-2-6-14(13)11-15/h4-5,8-9,12-16,31H,3,6-7,10-11H2,1-2H3,(H3,26,27);1-2,5-6,9-12H,3-4,7-8H2,(H3,20,21)(H2,22,23). The van der Waals surface area contributed by atoms with Crippen LogP contribution in [0, 0.1) is 10.8 Å². The van der Waals surface area contributed by atoms with Crippen molar-refractivity contribution < 1.29 is 5.11 Å². The number of aromatic hydroxyl groups is 1. The maximum absolute atomic E-state index is 10.9. The lowest BCUT2D eigenvalue weighted by Crippen LogP contribution is -2.09. The van der Waals surface area contributed by atoms with Gasteiger partial charge in [-0.2, -0.15) is 0 Å². The predicted molar refractivity (Wildman–Crippen MR) is 225 cm³/mol.